The van der Waals surface area contributed by atoms with E-state index in [9.17, 15) is 4.79 Å². The zero-order chi connectivity index (χ0) is 19.3. The number of nitrogens with zero attached hydrogens (tertiary/aromatic N) is 2. The Morgan fingerprint density at radius 2 is 1.93 bits per heavy atom. The van der Waals surface area contributed by atoms with Crippen LogP contribution in [-0.2, 0) is 4.79 Å². The number of ketones is 1. The molecule has 5 nitrogen and oxygen atoms in total. The number of carbonyl (C=O) groups is 1. The number of benzene rings is 1. The van der Waals surface area contributed by atoms with Crippen LogP contribution in [0.2, 0.25) is 0 Å². The summed E-state index contributed by atoms with van der Waals surface area (Å²) >= 11 is 0. The Balaban J connectivity index is 1.90. The topological polar surface area (TPSA) is 56.1 Å². The highest BCUT2D eigenvalue weighted by molar-refractivity contribution is 6.01. The molecule has 2 aliphatic rings. The lowest BCUT2D eigenvalue weighted by molar-refractivity contribution is -0.118. The zero-order valence-corrected chi connectivity index (χ0v) is 16.7. The molecule has 1 aromatic carbocycles. The molecule has 2 heterocycles. The molecular formula is C22H27N3O2. The molecule has 0 radical (unpaired) electrons. The van der Waals surface area contributed by atoms with E-state index in [1.165, 1.54) is 0 Å². The Bertz CT molecular complexity index is 920. The summed E-state index contributed by atoms with van der Waals surface area (Å²) in [5, 5.41) is 8.19. The maximum atomic E-state index is 13.2. The van der Waals surface area contributed by atoms with Crippen molar-refractivity contribution in [3.05, 3.63) is 52.9 Å². The Morgan fingerprint density at radius 1 is 1.22 bits per heavy atom. The van der Waals surface area contributed by atoms with Crippen molar-refractivity contribution < 1.29 is 9.53 Å². The summed E-state index contributed by atoms with van der Waals surface area (Å²) in [6, 6.07) is 8.28. The van der Waals surface area contributed by atoms with Crippen LogP contribution < -0.4 is 10.1 Å². The molecule has 1 N–H and O–H groups in total. The minimum Gasteiger partial charge on any atom is -0.497 e. The highest BCUT2D eigenvalue weighted by atomic mass is 16.5. The quantitative estimate of drug-likeness (QED) is 0.858. The van der Waals surface area contributed by atoms with Crippen molar-refractivity contribution in [2.75, 3.05) is 12.4 Å². The molecule has 1 aliphatic carbocycles. The van der Waals surface area contributed by atoms with Gasteiger partial charge in [-0.3, -0.25) is 4.79 Å². The first-order valence-corrected chi connectivity index (χ1v) is 9.55. The molecular weight excluding hydrogens is 338 g/mol. The van der Waals surface area contributed by atoms with Gasteiger partial charge in [0.25, 0.3) is 0 Å². The van der Waals surface area contributed by atoms with E-state index in [0.717, 1.165) is 40.4 Å². The molecule has 0 amide bonds. The largest absolute Gasteiger partial charge is 0.497 e. The molecule has 0 saturated heterocycles. The van der Waals surface area contributed by atoms with Crippen LogP contribution in [0.4, 0.5) is 5.82 Å². The van der Waals surface area contributed by atoms with Gasteiger partial charge in [-0.2, -0.15) is 5.10 Å². The maximum Gasteiger partial charge on any atom is 0.162 e. The average molecular weight is 365 g/mol. The molecule has 0 bridgehead atoms. The highest BCUT2D eigenvalue weighted by Gasteiger charge is 2.42. The van der Waals surface area contributed by atoms with Gasteiger partial charge in [0.15, 0.2) is 5.78 Å². The molecule has 1 aromatic heterocycles. The number of anilines is 1. The normalized spacial score (nSPS) is 21.0. The maximum absolute atomic E-state index is 13.2. The van der Waals surface area contributed by atoms with Gasteiger partial charge < -0.3 is 10.1 Å². The van der Waals surface area contributed by atoms with E-state index in [0.29, 0.717) is 6.42 Å². The number of hydrogen-bond acceptors (Lipinski definition) is 4. The second-order valence-electron chi connectivity index (χ2n) is 8.65. The molecule has 5 heteroatoms. The van der Waals surface area contributed by atoms with Crippen molar-refractivity contribution in [2.24, 2.45) is 5.41 Å². The second-order valence-corrected chi connectivity index (χ2v) is 8.65. The third-order valence-electron chi connectivity index (χ3n) is 5.55. The Morgan fingerprint density at radius 3 is 2.56 bits per heavy atom. The van der Waals surface area contributed by atoms with Crippen molar-refractivity contribution in [3.8, 4) is 5.75 Å². The van der Waals surface area contributed by atoms with Gasteiger partial charge in [-0.15, -0.1) is 0 Å². The molecule has 0 spiro atoms. The summed E-state index contributed by atoms with van der Waals surface area (Å²) in [5.74, 6) is 1.97. The molecule has 2 aromatic rings. The summed E-state index contributed by atoms with van der Waals surface area (Å²) in [7, 11) is 1.66. The first-order valence-electron chi connectivity index (χ1n) is 9.55. The molecule has 0 unspecified atom stereocenters. The minimum atomic E-state index is -0.0849. The Kier molecular flexibility index (Phi) is 4.13. The predicted octanol–water partition coefficient (Wildman–Crippen LogP) is 4.67. The molecule has 4 rings (SSSR count). The van der Waals surface area contributed by atoms with Crippen molar-refractivity contribution in [1.29, 1.82) is 0 Å². The fraction of sp³-hybridized carbons (Fsp3) is 0.455. The smallest absolute Gasteiger partial charge is 0.162 e. The Labute approximate surface area is 160 Å². The van der Waals surface area contributed by atoms with Gasteiger partial charge in [-0.1, -0.05) is 26.0 Å². The lowest BCUT2D eigenvalue weighted by atomic mass is 9.69. The SMILES string of the molecule is COc1ccc([C@@H]2C3=C(CC(C)(C)CC3=O)Nc3c2cnn3C(C)C)cc1. The third-order valence-corrected chi connectivity index (χ3v) is 5.55. The van der Waals surface area contributed by atoms with Gasteiger partial charge in [0.2, 0.25) is 0 Å². The number of nitrogens with one attached hydrogen (secondary N) is 1. The van der Waals surface area contributed by atoms with E-state index in [4.69, 9.17) is 4.74 Å². The van der Waals surface area contributed by atoms with Crippen molar-refractivity contribution in [3.63, 3.8) is 0 Å². The van der Waals surface area contributed by atoms with Crippen LogP contribution in [0.25, 0.3) is 0 Å². The second kappa shape index (κ2) is 6.25. The molecule has 0 saturated carbocycles. The van der Waals surface area contributed by atoms with Crippen LogP contribution in [-0.4, -0.2) is 22.7 Å². The van der Waals surface area contributed by atoms with Crippen LogP contribution in [0.3, 0.4) is 0 Å². The number of fused-ring (bicyclic) bond motifs is 1. The minimum absolute atomic E-state index is 0.0342. The van der Waals surface area contributed by atoms with Gasteiger partial charge in [-0.25, -0.2) is 4.68 Å². The number of aromatic nitrogens is 2. The summed E-state index contributed by atoms with van der Waals surface area (Å²) in [6.07, 6.45) is 3.35. The van der Waals surface area contributed by atoms with Crippen LogP contribution >= 0.6 is 0 Å². The summed E-state index contributed by atoms with van der Waals surface area (Å²) in [5.41, 5.74) is 4.08. The Hall–Kier alpha value is -2.56. The first-order chi connectivity index (χ1) is 12.8. The van der Waals surface area contributed by atoms with Gasteiger partial charge >= 0.3 is 0 Å². The fourth-order valence-electron chi connectivity index (χ4n) is 4.33. The zero-order valence-electron chi connectivity index (χ0n) is 16.7. The standard InChI is InChI=1S/C22H27N3O2/c1-13(2)25-21-16(12-23-25)19(14-6-8-15(27-5)9-7-14)20-17(24-21)10-22(3,4)11-18(20)26/h6-9,12-13,19,24H,10-11H2,1-5H3/t19-/m0/s1. The van der Waals surface area contributed by atoms with Crippen molar-refractivity contribution >= 4 is 11.6 Å². The van der Waals surface area contributed by atoms with Gasteiger partial charge in [-0.05, 0) is 43.4 Å². The highest BCUT2D eigenvalue weighted by Crippen LogP contribution is 2.49. The van der Waals surface area contributed by atoms with Crippen molar-refractivity contribution in [2.45, 2.75) is 52.5 Å². The number of allylic oxidation sites excluding steroid dienone is 2. The number of carbonyl (C=O) groups excluding carboxylic acids is 1. The van der Waals surface area contributed by atoms with Gasteiger partial charge in [0.1, 0.15) is 11.6 Å². The van der Waals surface area contributed by atoms with E-state index in [1.54, 1.807) is 7.11 Å². The van der Waals surface area contributed by atoms with Crippen LogP contribution in [0.5, 0.6) is 5.75 Å². The van der Waals surface area contributed by atoms with E-state index >= 15 is 0 Å². The number of ether oxygens (including phenoxy) is 1. The number of Topliss-reactive ketones (excluding diaryl/α,β-unsaturated/α-hetero) is 1. The fourth-order valence-corrected chi connectivity index (χ4v) is 4.33. The monoisotopic (exact) mass is 365 g/mol. The summed E-state index contributed by atoms with van der Waals surface area (Å²) < 4.78 is 7.32. The molecule has 1 aliphatic heterocycles. The molecule has 27 heavy (non-hydrogen) atoms. The van der Waals surface area contributed by atoms with E-state index < -0.39 is 0 Å². The number of rotatable bonds is 3. The molecule has 1 atom stereocenters. The third kappa shape index (κ3) is 2.95. The number of hydrogen-bond donors (Lipinski definition) is 1. The van der Waals surface area contributed by atoms with Crippen LogP contribution in [0.15, 0.2) is 41.7 Å². The van der Waals surface area contributed by atoms with E-state index in [2.05, 4.69) is 50.2 Å². The first kappa shape index (κ1) is 17.8. The van der Waals surface area contributed by atoms with Crippen LogP contribution in [0, 0.1) is 5.41 Å². The van der Waals surface area contributed by atoms with E-state index in [-0.39, 0.29) is 23.2 Å². The lowest BCUT2D eigenvalue weighted by Crippen LogP contribution is -2.34. The predicted molar refractivity (Wildman–Crippen MR) is 106 cm³/mol. The lowest BCUT2D eigenvalue weighted by Gasteiger charge is -2.38. The van der Waals surface area contributed by atoms with Gasteiger partial charge in [0.05, 0.1) is 13.3 Å². The van der Waals surface area contributed by atoms with Crippen molar-refractivity contribution in [1.82, 2.24) is 9.78 Å². The molecule has 0 fully saturated rings. The summed E-state index contributed by atoms with van der Waals surface area (Å²) in [6.45, 7) is 8.57. The van der Waals surface area contributed by atoms with Gasteiger partial charge in [0, 0.05) is 35.2 Å². The molecule has 142 valence electrons. The summed E-state index contributed by atoms with van der Waals surface area (Å²) in [4.78, 5) is 13.2. The van der Waals surface area contributed by atoms with Crippen LogP contribution in [0.1, 0.15) is 63.6 Å². The number of methoxy groups -OCH3 is 1. The van der Waals surface area contributed by atoms with E-state index in [1.807, 2.05) is 23.0 Å². The average Bonchev–Trinajstić information content (AvgIpc) is 3.02.